The fraction of sp³-hybridized carbons (Fsp3) is 0.375. The lowest BCUT2D eigenvalue weighted by atomic mass is 10.2. The first-order chi connectivity index (χ1) is 12.4. The van der Waals surface area contributed by atoms with Gasteiger partial charge in [0.15, 0.2) is 4.83 Å². The van der Waals surface area contributed by atoms with Crippen molar-refractivity contribution in [2.45, 2.75) is 33.2 Å². The summed E-state index contributed by atoms with van der Waals surface area (Å²) in [4.78, 5) is 27.2. The van der Waals surface area contributed by atoms with E-state index in [9.17, 15) is 9.59 Å². The molecule has 1 amide bonds. The lowest BCUT2D eigenvalue weighted by molar-refractivity contribution is -0.119. The second-order valence-electron chi connectivity index (χ2n) is 5.86. The molecular formula is C16H17N7O2S. The van der Waals surface area contributed by atoms with E-state index in [1.165, 1.54) is 22.2 Å². The second-order valence-corrected chi connectivity index (χ2v) is 7.06. The fourth-order valence-corrected chi connectivity index (χ4v) is 3.68. The molecule has 0 spiro atoms. The summed E-state index contributed by atoms with van der Waals surface area (Å²) in [6.45, 7) is 5.56. The van der Waals surface area contributed by atoms with Crippen molar-refractivity contribution in [3.63, 3.8) is 0 Å². The summed E-state index contributed by atoms with van der Waals surface area (Å²) in [7, 11) is 1.62. The summed E-state index contributed by atoms with van der Waals surface area (Å²) in [5.41, 5.74) is 0.755. The van der Waals surface area contributed by atoms with Gasteiger partial charge in [-0.1, -0.05) is 12.1 Å². The molecule has 0 saturated carbocycles. The van der Waals surface area contributed by atoms with E-state index in [0.29, 0.717) is 16.6 Å². The molecule has 134 valence electrons. The van der Waals surface area contributed by atoms with Gasteiger partial charge in [-0.25, -0.2) is 0 Å². The van der Waals surface area contributed by atoms with Gasteiger partial charge in [0.2, 0.25) is 0 Å². The lowest BCUT2D eigenvalue weighted by Crippen LogP contribution is -2.35. The Morgan fingerprint density at radius 2 is 2.19 bits per heavy atom. The van der Waals surface area contributed by atoms with Crippen molar-refractivity contribution in [3.8, 4) is 6.07 Å². The van der Waals surface area contributed by atoms with E-state index in [4.69, 9.17) is 5.26 Å². The smallest absolute Gasteiger partial charge is 0.279 e. The number of nitrogens with zero attached hydrogens (tertiary/aromatic N) is 6. The van der Waals surface area contributed by atoms with Crippen LogP contribution in [0, 0.1) is 25.2 Å². The van der Waals surface area contributed by atoms with Crippen molar-refractivity contribution in [2.75, 3.05) is 5.32 Å². The lowest BCUT2D eigenvalue weighted by Gasteiger charge is -2.16. The van der Waals surface area contributed by atoms with E-state index in [1.807, 2.05) is 19.9 Å². The van der Waals surface area contributed by atoms with Crippen LogP contribution in [0.1, 0.15) is 35.4 Å². The Labute approximate surface area is 152 Å². The van der Waals surface area contributed by atoms with Crippen LogP contribution < -0.4 is 10.9 Å². The summed E-state index contributed by atoms with van der Waals surface area (Å²) in [6, 6.07) is 1.12. The van der Waals surface area contributed by atoms with Crippen LogP contribution in [0.4, 0.5) is 5.82 Å². The van der Waals surface area contributed by atoms with Gasteiger partial charge in [0.05, 0.1) is 11.6 Å². The zero-order valence-electron chi connectivity index (χ0n) is 14.8. The van der Waals surface area contributed by atoms with Crippen LogP contribution in [0.2, 0.25) is 0 Å². The Balaban J connectivity index is 2.02. The minimum atomic E-state index is -0.847. The van der Waals surface area contributed by atoms with Crippen LogP contribution in [0.5, 0.6) is 0 Å². The molecule has 26 heavy (non-hydrogen) atoms. The zero-order valence-corrected chi connectivity index (χ0v) is 15.6. The Bertz CT molecular complexity index is 1100. The molecule has 3 aromatic heterocycles. The van der Waals surface area contributed by atoms with E-state index in [2.05, 4.69) is 20.7 Å². The SMILES string of the molecule is CCC(C(=O)Nc1c(C#N)cnn1C)n1nnc2sc(C)c(C)c2c1=O. The number of fused-ring (bicyclic) bond motifs is 1. The first kappa shape index (κ1) is 17.8. The minimum absolute atomic E-state index is 0.244. The van der Waals surface area contributed by atoms with Gasteiger partial charge in [0, 0.05) is 11.9 Å². The molecule has 9 nitrogen and oxygen atoms in total. The number of anilines is 1. The summed E-state index contributed by atoms with van der Waals surface area (Å²) < 4.78 is 2.51. The summed E-state index contributed by atoms with van der Waals surface area (Å²) in [5, 5.41) is 24.3. The molecule has 0 aliphatic heterocycles. The molecule has 3 heterocycles. The number of hydrogen-bond acceptors (Lipinski definition) is 7. The Morgan fingerprint density at radius 3 is 2.85 bits per heavy atom. The number of aryl methyl sites for hydroxylation is 3. The highest BCUT2D eigenvalue weighted by Crippen LogP contribution is 2.25. The van der Waals surface area contributed by atoms with Gasteiger partial charge in [0.25, 0.3) is 11.5 Å². The van der Waals surface area contributed by atoms with Crippen LogP contribution in [0.15, 0.2) is 11.0 Å². The maximum atomic E-state index is 12.9. The first-order valence-electron chi connectivity index (χ1n) is 7.97. The largest absolute Gasteiger partial charge is 0.308 e. The van der Waals surface area contributed by atoms with Crippen LogP contribution in [0.3, 0.4) is 0 Å². The van der Waals surface area contributed by atoms with Gasteiger partial charge in [-0.15, -0.1) is 16.4 Å². The number of carbonyl (C=O) groups is 1. The third kappa shape index (κ3) is 2.76. The highest BCUT2D eigenvalue weighted by molar-refractivity contribution is 7.18. The van der Waals surface area contributed by atoms with E-state index < -0.39 is 11.9 Å². The fourth-order valence-electron chi connectivity index (χ4n) is 2.72. The number of carbonyl (C=O) groups excluding carboxylic acids is 1. The highest BCUT2D eigenvalue weighted by Gasteiger charge is 2.25. The summed E-state index contributed by atoms with van der Waals surface area (Å²) in [6.07, 6.45) is 1.71. The topological polar surface area (TPSA) is 118 Å². The molecule has 1 atom stereocenters. The molecule has 0 fully saturated rings. The molecule has 0 aliphatic rings. The van der Waals surface area contributed by atoms with E-state index >= 15 is 0 Å². The van der Waals surface area contributed by atoms with E-state index in [1.54, 1.807) is 14.0 Å². The molecule has 0 radical (unpaired) electrons. The number of nitrogens with one attached hydrogen (secondary N) is 1. The summed E-state index contributed by atoms with van der Waals surface area (Å²) >= 11 is 1.40. The normalized spacial score (nSPS) is 12.1. The van der Waals surface area contributed by atoms with Gasteiger partial charge in [-0.3, -0.25) is 14.3 Å². The van der Waals surface area contributed by atoms with E-state index in [0.717, 1.165) is 15.1 Å². The van der Waals surface area contributed by atoms with Crippen molar-refractivity contribution in [1.82, 2.24) is 24.8 Å². The molecule has 0 saturated heterocycles. The number of amides is 1. The van der Waals surface area contributed by atoms with Crippen molar-refractivity contribution >= 4 is 33.3 Å². The van der Waals surface area contributed by atoms with Crippen LogP contribution >= 0.6 is 11.3 Å². The second kappa shape index (κ2) is 6.68. The monoisotopic (exact) mass is 371 g/mol. The van der Waals surface area contributed by atoms with Gasteiger partial charge in [-0.05, 0) is 25.8 Å². The van der Waals surface area contributed by atoms with Gasteiger partial charge >= 0.3 is 0 Å². The average molecular weight is 371 g/mol. The molecule has 1 unspecified atom stereocenters. The third-order valence-corrected chi connectivity index (χ3v) is 5.40. The Hall–Kier alpha value is -3.06. The molecule has 0 bridgehead atoms. The van der Waals surface area contributed by atoms with Crippen LogP contribution in [-0.2, 0) is 11.8 Å². The van der Waals surface area contributed by atoms with E-state index in [-0.39, 0.29) is 16.9 Å². The van der Waals surface area contributed by atoms with Gasteiger partial charge < -0.3 is 5.32 Å². The Morgan fingerprint density at radius 1 is 1.46 bits per heavy atom. The quantitative estimate of drug-likeness (QED) is 0.745. The number of nitriles is 1. The Kier molecular flexibility index (Phi) is 4.56. The number of aromatic nitrogens is 5. The maximum Gasteiger partial charge on any atom is 0.279 e. The number of rotatable bonds is 4. The number of thiophene rings is 1. The highest BCUT2D eigenvalue weighted by atomic mass is 32.1. The molecule has 1 N–H and O–H groups in total. The standard InChI is InChI=1S/C16H17N7O2S/c1-5-11(14(24)19-13-10(6-17)7-18-22(13)4)23-16(25)12-8(2)9(3)26-15(12)20-21-23/h7,11H,5H2,1-4H3,(H,19,24). The van der Waals surface area contributed by atoms with Gasteiger partial charge in [0.1, 0.15) is 23.5 Å². The van der Waals surface area contributed by atoms with Crippen LogP contribution in [-0.4, -0.2) is 30.7 Å². The van der Waals surface area contributed by atoms with Crippen molar-refractivity contribution in [2.24, 2.45) is 7.05 Å². The third-order valence-electron chi connectivity index (χ3n) is 4.31. The van der Waals surface area contributed by atoms with Crippen molar-refractivity contribution in [3.05, 3.63) is 32.6 Å². The zero-order chi connectivity index (χ0) is 19.0. The molecule has 10 heteroatoms. The summed E-state index contributed by atoms with van der Waals surface area (Å²) in [5.74, 6) is -0.173. The molecule has 0 aliphatic carbocycles. The maximum absolute atomic E-state index is 12.9. The number of hydrogen-bond donors (Lipinski definition) is 1. The molecule has 3 aromatic rings. The van der Waals surface area contributed by atoms with Crippen molar-refractivity contribution in [1.29, 1.82) is 5.26 Å². The molecule has 0 aromatic carbocycles. The molecule has 3 rings (SSSR count). The minimum Gasteiger partial charge on any atom is -0.308 e. The van der Waals surface area contributed by atoms with Crippen LogP contribution in [0.25, 0.3) is 10.2 Å². The molecular weight excluding hydrogens is 354 g/mol. The van der Waals surface area contributed by atoms with Gasteiger partial charge in [-0.2, -0.15) is 15.0 Å². The first-order valence-corrected chi connectivity index (χ1v) is 8.78. The van der Waals surface area contributed by atoms with Crippen molar-refractivity contribution < 1.29 is 4.79 Å². The predicted octanol–water partition coefficient (Wildman–Crippen LogP) is 1.66. The average Bonchev–Trinajstić information content (AvgIpc) is 3.11. The predicted molar refractivity (Wildman–Crippen MR) is 97.0 cm³/mol.